The van der Waals surface area contributed by atoms with E-state index in [4.69, 9.17) is 0 Å². The number of hydrogen-bond acceptors (Lipinski definition) is 6. The van der Waals surface area contributed by atoms with Crippen molar-refractivity contribution < 1.29 is 13.2 Å². The fourth-order valence-corrected chi connectivity index (χ4v) is 3.89. The normalized spacial score (nSPS) is 20.3. The summed E-state index contributed by atoms with van der Waals surface area (Å²) in [5.41, 5.74) is 0.606. The number of sulfone groups is 1. The van der Waals surface area contributed by atoms with Crippen LogP contribution in [0.5, 0.6) is 0 Å². The van der Waals surface area contributed by atoms with E-state index in [2.05, 4.69) is 25.5 Å². The van der Waals surface area contributed by atoms with E-state index in [1.807, 2.05) is 6.07 Å². The molecule has 1 aliphatic rings. The maximum absolute atomic E-state index is 12.0. The molecule has 21 heavy (non-hydrogen) atoms. The van der Waals surface area contributed by atoms with Gasteiger partial charge >= 0.3 is 0 Å². The van der Waals surface area contributed by atoms with Gasteiger partial charge in [0.15, 0.2) is 15.7 Å². The van der Waals surface area contributed by atoms with E-state index in [-0.39, 0.29) is 23.4 Å². The zero-order valence-electron chi connectivity index (χ0n) is 11.0. The molecular formula is C12H13N5O3S. The van der Waals surface area contributed by atoms with Crippen molar-refractivity contribution in [3.05, 3.63) is 24.4 Å². The molecule has 0 bridgehead atoms. The van der Waals surface area contributed by atoms with Gasteiger partial charge in [-0.15, -0.1) is 5.10 Å². The van der Waals surface area contributed by atoms with Gasteiger partial charge in [0.05, 0.1) is 17.4 Å². The average molecular weight is 307 g/mol. The number of carbonyl (C=O) groups is 1. The smallest absolute Gasteiger partial charge is 0.249 e. The second kappa shape index (κ2) is 5.24. The maximum atomic E-state index is 12.0. The quantitative estimate of drug-likeness (QED) is 0.838. The number of aromatic amines is 1. The molecular weight excluding hydrogens is 294 g/mol. The molecule has 9 heteroatoms. The Morgan fingerprint density at radius 1 is 1.38 bits per heavy atom. The SMILES string of the molecule is O=C(Nc1n[nH]c(-c2ccccn2)n1)[C@H]1CCS(=O)(=O)C1. The molecule has 1 fully saturated rings. The molecule has 110 valence electrons. The predicted octanol–water partition coefficient (Wildman–Crippen LogP) is 0.240. The Morgan fingerprint density at radius 3 is 2.90 bits per heavy atom. The number of hydrogen-bond donors (Lipinski definition) is 2. The lowest BCUT2D eigenvalue weighted by Crippen LogP contribution is -2.24. The van der Waals surface area contributed by atoms with E-state index >= 15 is 0 Å². The first-order valence-electron chi connectivity index (χ1n) is 6.38. The number of nitrogens with zero attached hydrogens (tertiary/aromatic N) is 3. The number of aromatic nitrogens is 4. The van der Waals surface area contributed by atoms with Gasteiger partial charge in [-0.2, -0.15) is 4.98 Å². The number of pyridine rings is 1. The van der Waals surface area contributed by atoms with Crippen molar-refractivity contribution in [1.82, 2.24) is 20.2 Å². The van der Waals surface area contributed by atoms with E-state index in [1.54, 1.807) is 18.3 Å². The highest BCUT2D eigenvalue weighted by atomic mass is 32.2. The average Bonchev–Trinajstić information content (AvgIpc) is 3.06. The summed E-state index contributed by atoms with van der Waals surface area (Å²) in [5, 5.41) is 9.09. The standard InChI is InChI=1S/C12H13N5O3S/c18-11(8-4-6-21(19,20)7-8)15-12-14-10(16-17-12)9-3-1-2-5-13-9/h1-3,5,8H,4,6-7H2,(H2,14,15,16,17,18)/t8-/m0/s1. The van der Waals surface area contributed by atoms with Crippen LogP contribution in [0.4, 0.5) is 5.95 Å². The number of nitrogens with one attached hydrogen (secondary N) is 2. The van der Waals surface area contributed by atoms with Gasteiger partial charge in [0.25, 0.3) is 0 Å². The lowest BCUT2D eigenvalue weighted by Gasteiger charge is -2.05. The third-order valence-corrected chi connectivity index (χ3v) is 5.00. The minimum atomic E-state index is -3.09. The molecule has 0 radical (unpaired) electrons. The summed E-state index contributed by atoms with van der Waals surface area (Å²) < 4.78 is 22.7. The van der Waals surface area contributed by atoms with Crippen molar-refractivity contribution in [3.63, 3.8) is 0 Å². The highest BCUT2D eigenvalue weighted by molar-refractivity contribution is 7.91. The lowest BCUT2D eigenvalue weighted by molar-refractivity contribution is -0.119. The van der Waals surface area contributed by atoms with Crippen LogP contribution in [0.2, 0.25) is 0 Å². The van der Waals surface area contributed by atoms with Crippen molar-refractivity contribution in [3.8, 4) is 11.5 Å². The Morgan fingerprint density at radius 2 is 2.24 bits per heavy atom. The Bertz CT molecular complexity index is 756. The van der Waals surface area contributed by atoms with Gasteiger partial charge in [0.2, 0.25) is 11.9 Å². The highest BCUT2D eigenvalue weighted by Crippen LogP contribution is 2.20. The Hall–Kier alpha value is -2.29. The molecule has 0 aromatic carbocycles. The Kier molecular flexibility index (Phi) is 3.42. The zero-order valence-corrected chi connectivity index (χ0v) is 11.8. The van der Waals surface area contributed by atoms with Gasteiger partial charge in [-0.1, -0.05) is 6.07 Å². The molecule has 2 aromatic rings. The van der Waals surface area contributed by atoms with Gasteiger partial charge in [0.1, 0.15) is 5.69 Å². The first kappa shape index (κ1) is 13.7. The molecule has 1 saturated heterocycles. The number of H-pyrrole nitrogens is 1. The topological polar surface area (TPSA) is 118 Å². The van der Waals surface area contributed by atoms with Crippen LogP contribution >= 0.6 is 0 Å². The van der Waals surface area contributed by atoms with Crippen LogP contribution in [0.25, 0.3) is 11.5 Å². The second-order valence-corrected chi connectivity index (χ2v) is 7.04. The summed E-state index contributed by atoms with van der Waals surface area (Å²) in [6, 6.07) is 5.35. The molecule has 1 aliphatic heterocycles. The van der Waals surface area contributed by atoms with E-state index in [0.29, 0.717) is 17.9 Å². The van der Waals surface area contributed by atoms with Crippen molar-refractivity contribution in [2.45, 2.75) is 6.42 Å². The molecule has 8 nitrogen and oxygen atoms in total. The van der Waals surface area contributed by atoms with Crippen LogP contribution in [0.1, 0.15) is 6.42 Å². The maximum Gasteiger partial charge on any atom is 0.249 e. The largest absolute Gasteiger partial charge is 0.293 e. The first-order valence-corrected chi connectivity index (χ1v) is 8.21. The molecule has 2 N–H and O–H groups in total. The van der Waals surface area contributed by atoms with Crippen molar-refractivity contribution in [1.29, 1.82) is 0 Å². The molecule has 0 spiro atoms. The third kappa shape index (κ3) is 3.07. The van der Waals surface area contributed by atoms with Crippen LogP contribution in [-0.4, -0.2) is 46.0 Å². The molecule has 2 aromatic heterocycles. The van der Waals surface area contributed by atoms with Gasteiger partial charge in [0, 0.05) is 6.20 Å². The summed E-state index contributed by atoms with van der Waals surface area (Å²) >= 11 is 0. The van der Waals surface area contributed by atoms with Crippen molar-refractivity contribution >= 4 is 21.7 Å². The summed E-state index contributed by atoms with van der Waals surface area (Å²) in [4.78, 5) is 20.2. The van der Waals surface area contributed by atoms with Crippen LogP contribution in [0, 0.1) is 5.92 Å². The summed E-state index contributed by atoms with van der Waals surface area (Å²) in [6.45, 7) is 0. The molecule has 0 saturated carbocycles. The summed E-state index contributed by atoms with van der Waals surface area (Å²) in [5.74, 6) is -0.418. The molecule has 1 amide bonds. The third-order valence-electron chi connectivity index (χ3n) is 3.23. The molecule has 3 rings (SSSR count). The predicted molar refractivity (Wildman–Crippen MR) is 75.0 cm³/mol. The second-order valence-electron chi connectivity index (χ2n) is 4.81. The fourth-order valence-electron chi connectivity index (χ4n) is 2.15. The van der Waals surface area contributed by atoms with E-state index in [9.17, 15) is 13.2 Å². The van der Waals surface area contributed by atoms with Crippen molar-refractivity contribution in [2.75, 3.05) is 16.8 Å². The first-order chi connectivity index (χ1) is 10.0. The van der Waals surface area contributed by atoms with E-state index < -0.39 is 15.8 Å². The highest BCUT2D eigenvalue weighted by Gasteiger charge is 2.33. The van der Waals surface area contributed by atoms with Gasteiger partial charge < -0.3 is 0 Å². The minimum Gasteiger partial charge on any atom is -0.293 e. The summed E-state index contributed by atoms with van der Waals surface area (Å²) in [7, 11) is -3.09. The fraction of sp³-hybridized carbons (Fsp3) is 0.333. The zero-order chi connectivity index (χ0) is 14.9. The van der Waals surface area contributed by atoms with Crippen LogP contribution in [0.3, 0.4) is 0 Å². The van der Waals surface area contributed by atoms with E-state index in [0.717, 1.165) is 0 Å². The minimum absolute atomic E-state index is 0.0538. The molecule has 0 unspecified atom stereocenters. The van der Waals surface area contributed by atoms with Crippen LogP contribution in [0.15, 0.2) is 24.4 Å². The molecule has 0 aliphatic carbocycles. The van der Waals surface area contributed by atoms with Gasteiger partial charge in [-0.25, -0.2) is 8.42 Å². The summed E-state index contributed by atoms with van der Waals surface area (Å²) in [6.07, 6.45) is 1.96. The Balaban J connectivity index is 1.69. The van der Waals surface area contributed by atoms with Gasteiger partial charge in [-0.05, 0) is 18.6 Å². The van der Waals surface area contributed by atoms with Gasteiger partial charge in [-0.3, -0.25) is 20.2 Å². The molecule has 3 heterocycles. The van der Waals surface area contributed by atoms with E-state index in [1.165, 1.54) is 0 Å². The number of rotatable bonds is 3. The van der Waals surface area contributed by atoms with Crippen LogP contribution < -0.4 is 5.32 Å². The number of carbonyl (C=O) groups excluding carboxylic acids is 1. The number of amides is 1. The lowest BCUT2D eigenvalue weighted by atomic mass is 10.1. The molecule has 1 atom stereocenters. The number of anilines is 1. The van der Waals surface area contributed by atoms with Crippen molar-refractivity contribution in [2.24, 2.45) is 5.92 Å². The Labute approximate surface area is 120 Å². The monoisotopic (exact) mass is 307 g/mol. The van der Waals surface area contributed by atoms with Crippen LogP contribution in [-0.2, 0) is 14.6 Å².